The molecule has 2 aromatic rings. The second kappa shape index (κ2) is 10.1. The highest BCUT2D eigenvalue weighted by Gasteiger charge is 2.47. The predicted octanol–water partition coefficient (Wildman–Crippen LogP) is 3.52. The van der Waals surface area contributed by atoms with E-state index in [4.69, 9.17) is 4.74 Å². The number of benzene rings is 2. The molecule has 0 radical (unpaired) electrons. The first kappa shape index (κ1) is 23.0. The van der Waals surface area contributed by atoms with Gasteiger partial charge in [-0.05, 0) is 62.1 Å². The third kappa shape index (κ3) is 4.90. The molecule has 1 saturated heterocycles. The Hall–Kier alpha value is -2.22. The number of aliphatic hydroxyl groups excluding tert-OH is 1. The van der Waals surface area contributed by atoms with Crippen molar-refractivity contribution in [1.82, 2.24) is 4.90 Å². The Bertz CT molecular complexity index is 917. The molecular formula is C25H32N2O4S. The molecule has 1 fully saturated rings. The van der Waals surface area contributed by atoms with Crippen LogP contribution in [0.1, 0.15) is 24.8 Å². The van der Waals surface area contributed by atoms with E-state index in [2.05, 4.69) is 34.1 Å². The second-order valence-corrected chi connectivity index (χ2v) is 9.97. The summed E-state index contributed by atoms with van der Waals surface area (Å²) in [5.74, 6) is -0.220. The molecule has 2 N–H and O–H groups in total. The van der Waals surface area contributed by atoms with Crippen LogP contribution in [0.4, 0.5) is 5.69 Å². The molecule has 0 amide bonds. The van der Waals surface area contributed by atoms with E-state index in [0.29, 0.717) is 25.0 Å². The number of nitrogens with zero attached hydrogens (tertiary/aromatic N) is 2. The van der Waals surface area contributed by atoms with Crippen LogP contribution in [0.2, 0.25) is 0 Å². The maximum absolute atomic E-state index is 12.5. The number of aliphatic hydroxyl groups is 1. The summed E-state index contributed by atoms with van der Waals surface area (Å²) in [5.41, 5.74) is 2.33. The van der Waals surface area contributed by atoms with Gasteiger partial charge in [-0.15, -0.1) is 11.8 Å². The molecule has 2 aliphatic rings. The lowest BCUT2D eigenvalue weighted by Gasteiger charge is -2.37. The van der Waals surface area contributed by atoms with Crippen LogP contribution >= 0.6 is 11.8 Å². The predicted molar refractivity (Wildman–Crippen MR) is 128 cm³/mol. The SMILES string of the molecule is COc1ccc2c(c1)SC(CCCN1CCN(c3ccccc3)CC1)(C(=O)O)C(O)CC2. The molecule has 0 aromatic heterocycles. The van der Waals surface area contributed by atoms with Crippen molar-refractivity contribution in [2.24, 2.45) is 0 Å². The molecule has 0 aliphatic carbocycles. The summed E-state index contributed by atoms with van der Waals surface area (Å²) < 4.78 is 4.11. The molecule has 172 valence electrons. The Morgan fingerprint density at radius 3 is 2.59 bits per heavy atom. The number of aliphatic carboxylic acids is 1. The van der Waals surface area contributed by atoms with Crippen LogP contribution in [0, 0.1) is 0 Å². The van der Waals surface area contributed by atoms with Crippen molar-refractivity contribution in [2.45, 2.75) is 41.4 Å². The Morgan fingerprint density at radius 2 is 1.91 bits per heavy atom. The van der Waals surface area contributed by atoms with Crippen molar-refractivity contribution in [3.8, 4) is 5.75 Å². The molecular weight excluding hydrogens is 424 g/mol. The van der Waals surface area contributed by atoms with Crippen LogP contribution in [0.3, 0.4) is 0 Å². The first-order valence-electron chi connectivity index (χ1n) is 11.3. The zero-order valence-corrected chi connectivity index (χ0v) is 19.4. The van der Waals surface area contributed by atoms with E-state index in [1.165, 1.54) is 17.4 Å². The van der Waals surface area contributed by atoms with Gasteiger partial charge in [0, 0.05) is 36.8 Å². The highest BCUT2D eigenvalue weighted by molar-refractivity contribution is 8.01. The van der Waals surface area contributed by atoms with Crippen molar-refractivity contribution >= 4 is 23.4 Å². The number of rotatable bonds is 7. The fourth-order valence-electron chi connectivity index (χ4n) is 4.70. The lowest BCUT2D eigenvalue weighted by molar-refractivity contribution is -0.143. The van der Waals surface area contributed by atoms with E-state index in [9.17, 15) is 15.0 Å². The number of ether oxygens (including phenoxy) is 1. The quantitative estimate of drug-likeness (QED) is 0.660. The summed E-state index contributed by atoms with van der Waals surface area (Å²) in [5, 5.41) is 21.1. The van der Waals surface area contributed by atoms with Gasteiger partial charge in [0.2, 0.25) is 0 Å². The largest absolute Gasteiger partial charge is 0.497 e. The number of piperazine rings is 1. The number of thioether (sulfide) groups is 1. The normalized spacial score (nSPS) is 23.9. The number of carbonyl (C=O) groups is 1. The van der Waals surface area contributed by atoms with Crippen LogP contribution in [0.15, 0.2) is 53.4 Å². The van der Waals surface area contributed by atoms with Crippen molar-refractivity contribution in [2.75, 3.05) is 44.7 Å². The number of aryl methyl sites for hydroxylation is 1. The molecule has 2 atom stereocenters. The minimum Gasteiger partial charge on any atom is -0.497 e. The third-order valence-corrected chi connectivity index (χ3v) is 8.28. The van der Waals surface area contributed by atoms with Gasteiger partial charge >= 0.3 is 5.97 Å². The summed E-state index contributed by atoms with van der Waals surface area (Å²) >= 11 is 1.30. The number of carboxylic acid groups (broad SMARTS) is 1. The maximum Gasteiger partial charge on any atom is 0.322 e. The number of hydrogen-bond acceptors (Lipinski definition) is 6. The van der Waals surface area contributed by atoms with Crippen molar-refractivity contribution in [3.63, 3.8) is 0 Å². The number of carboxylic acids is 1. The second-order valence-electron chi connectivity index (χ2n) is 8.59. The van der Waals surface area contributed by atoms with Crippen LogP contribution in [0.25, 0.3) is 0 Å². The Balaban J connectivity index is 1.38. The highest BCUT2D eigenvalue weighted by atomic mass is 32.2. The van der Waals surface area contributed by atoms with E-state index in [1.807, 2.05) is 24.3 Å². The fourth-order valence-corrected chi connectivity index (χ4v) is 6.15. The Labute approximate surface area is 194 Å². The Morgan fingerprint density at radius 1 is 1.16 bits per heavy atom. The molecule has 2 unspecified atom stereocenters. The van der Waals surface area contributed by atoms with Crippen molar-refractivity contribution < 1.29 is 19.7 Å². The van der Waals surface area contributed by atoms with E-state index in [-0.39, 0.29) is 0 Å². The third-order valence-electron chi connectivity index (χ3n) is 6.67. The van der Waals surface area contributed by atoms with Gasteiger partial charge < -0.3 is 19.8 Å². The first-order valence-corrected chi connectivity index (χ1v) is 12.1. The van der Waals surface area contributed by atoms with E-state index in [0.717, 1.165) is 49.6 Å². The minimum absolute atomic E-state index is 0.434. The van der Waals surface area contributed by atoms with E-state index in [1.54, 1.807) is 7.11 Å². The highest BCUT2D eigenvalue weighted by Crippen LogP contribution is 2.46. The van der Waals surface area contributed by atoms with Crippen LogP contribution < -0.4 is 9.64 Å². The summed E-state index contributed by atoms with van der Waals surface area (Å²) in [6.45, 7) is 4.71. The number of hydrogen-bond donors (Lipinski definition) is 2. The molecule has 0 spiro atoms. The topological polar surface area (TPSA) is 73.2 Å². The molecule has 6 nitrogen and oxygen atoms in total. The molecule has 2 aliphatic heterocycles. The van der Waals surface area contributed by atoms with Crippen molar-refractivity contribution in [1.29, 1.82) is 0 Å². The fraction of sp³-hybridized carbons (Fsp3) is 0.480. The number of methoxy groups -OCH3 is 1. The number of fused-ring (bicyclic) bond motifs is 1. The number of anilines is 1. The van der Waals surface area contributed by atoms with Crippen LogP contribution in [-0.2, 0) is 11.2 Å². The molecule has 2 heterocycles. The molecule has 32 heavy (non-hydrogen) atoms. The lowest BCUT2D eigenvalue weighted by Crippen LogP contribution is -2.48. The molecule has 7 heteroatoms. The van der Waals surface area contributed by atoms with E-state index >= 15 is 0 Å². The number of para-hydroxylation sites is 1. The van der Waals surface area contributed by atoms with Gasteiger partial charge in [-0.1, -0.05) is 24.3 Å². The van der Waals surface area contributed by atoms with Gasteiger partial charge in [-0.25, -0.2) is 0 Å². The molecule has 0 saturated carbocycles. The monoisotopic (exact) mass is 456 g/mol. The van der Waals surface area contributed by atoms with E-state index < -0.39 is 16.8 Å². The summed E-state index contributed by atoms with van der Waals surface area (Å²) in [4.78, 5) is 18.2. The van der Waals surface area contributed by atoms with Gasteiger partial charge in [0.25, 0.3) is 0 Å². The maximum atomic E-state index is 12.5. The summed E-state index contributed by atoms with van der Waals surface area (Å²) in [6, 6.07) is 16.2. The minimum atomic E-state index is -1.23. The first-order chi connectivity index (χ1) is 15.5. The lowest BCUT2D eigenvalue weighted by atomic mass is 9.91. The standard InChI is InChI=1S/C25H32N2O4S/c1-31-21-10-8-19-9-11-23(28)25(24(29)30,32-22(19)18-21)12-5-13-26-14-16-27(17-15-26)20-6-3-2-4-7-20/h2-4,6-8,10,18,23,28H,5,9,11-17H2,1H3,(H,29,30). The van der Waals surface area contributed by atoms with Gasteiger partial charge in [0.05, 0.1) is 13.2 Å². The molecule has 0 bridgehead atoms. The summed E-state index contributed by atoms with van der Waals surface area (Å²) in [7, 11) is 1.61. The van der Waals surface area contributed by atoms with Crippen molar-refractivity contribution in [3.05, 3.63) is 54.1 Å². The van der Waals surface area contributed by atoms with Gasteiger partial charge in [-0.3, -0.25) is 9.69 Å². The molecule has 2 aromatic carbocycles. The van der Waals surface area contributed by atoms with Gasteiger partial charge in [-0.2, -0.15) is 0 Å². The van der Waals surface area contributed by atoms with Crippen LogP contribution in [-0.4, -0.2) is 71.8 Å². The zero-order chi connectivity index (χ0) is 22.6. The van der Waals surface area contributed by atoms with Gasteiger partial charge in [0.1, 0.15) is 10.5 Å². The average Bonchev–Trinajstić information content (AvgIpc) is 2.96. The summed E-state index contributed by atoms with van der Waals surface area (Å²) in [6.07, 6.45) is 1.40. The average molecular weight is 457 g/mol. The zero-order valence-electron chi connectivity index (χ0n) is 18.6. The Kier molecular flexibility index (Phi) is 7.28. The smallest absolute Gasteiger partial charge is 0.322 e. The van der Waals surface area contributed by atoms with Crippen LogP contribution in [0.5, 0.6) is 5.75 Å². The van der Waals surface area contributed by atoms with Gasteiger partial charge in [0.15, 0.2) is 0 Å². The molecule has 4 rings (SSSR count).